The first-order valence-corrected chi connectivity index (χ1v) is 5.38. The number of benzene rings is 1. The molecule has 114 valence electrons. The lowest BCUT2D eigenvalue weighted by Gasteiger charge is -2.15. The summed E-state index contributed by atoms with van der Waals surface area (Å²) in [6, 6.07) is 4.80. The number of hydrogen-bond donors (Lipinski definition) is 2. The zero-order valence-electron chi connectivity index (χ0n) is 9.92. The molecule has 1 unspecified atom stereocenters. The van der Waals surface area contributed by atoms with Gasteiger partial charge in [0.2, 0.25) is 0 Å². The lowest BCUT2D eigenvalue weighted by molar-refractivity contribution is -0.274. The second-order valence-electron chi connectivity index (χ2n) is 3.88. The molecule has 0 aliphatic rings. The predicted octanol–water partition coefficient (Wildman–Crippen LogP) is 2.60. The van der Waals surface area contributed by atoms with E-state index in [2.05, 4.69) is 10.1 Å². The number of hydrogen-bond acceptors (Lipinski definition) is 3. The van der Waals surface area contributed by atoms with Crippen LogP contribution in [0.4, 0.5) is 26.3 Å². The average molecular weight is 303 g/mol. The van der Waals surface area contributed by atoms with Crippen molar-refractivity contribution in [2.45, 2.75) is 25.2 Å². The minimum atomic E-state index is -4.83. The lowest BCUT2D eigenvalue weighted by atomic mass is 10.2. The maximum atomic E-state index is 12.0. The smallest absolute Gasteiger partial charge is 0.406 e. The molecule has 0 aliphatic heterocycles. The number of aliphatic hydroxyl groups is 1. The van der Waals surface area contributed by atoms with Crippen molar-refractivity contribution in [3.63, 3.8) is 0 Å². The topological polar surface area (TPSA) is 41.5 Å². The highest BCUT2D eigenvalue weighted by Crippen LogP contribution is 2.23. The van der Waals surface area contributed by atoms with Gasteiger partial charge in [-0.15, -0.1) is 13.2 Å². The van der Waals surface area contributed by atoms with Crippen molar-refractivity contribution in [1.29, 1.82) is 0 Å². The second-order valence-corrected chi connectivity index (χ2v) is 3.88. The number of aliphatic hydroxyl groups excluding tert-OH is 1. The first kappa shape index (κ1) is 16.6. The number of ether oxygens (including phenoxy) is 1. The molecule has 0 aromatic heterocycles. The van der Waals surface area contributed by atoms with Gasteiger partial charge in [-0.1, -0.05) is 12.1 Å². The summed E-state index contributed by atoms with van der Waals surface area (Å²) in [5, 5.41) is 11.0. The quantitative estimate of drug-likeness (QED) is 0.822. The van der Waals surface area contributed by atoms with E-state index in [0.29, 0.717) is 5.56 Å². The summed E-state index contributed by atoms with van der Waals surface area (Å²) in [5.74, 6) is -0.465. The Morgan fingerprint density at radius 2 is 1.80 bits per heavy atom. The first-order valence-electron chi connectivity index (χ1n) is 5.38. The Labute approximate surface area is 110 Å². The third-order valence-electron chi connectivity index (χ3n) is 2.18. The average Bonchev–Trinajstić information content (AvgIpc) is 2.25. The van der Waals surface area contributed by atoms with Gasteiger partial charge in [-0.05, 0) is 17.7 Å². The molecule has 1 aromatic carbocycles. The van der Waals surface area contributed by atoms with Crippen LogP contribution in [0.5, 0.6) is 5.75 Å². The molecule has 1 aromatic rings. The van der Waals surface area contributed by atoms with Gasteiger partial charge < -0.3 is 15.2 Å². The second kappa shape index (κ2) is 6.31. The van der Waals surface area contributed by atoms with Crippen LogP contribution >= 0.6 is 0 Å². The van der Waals surface area contributed by atoms with Crippen LogP contribution in [0.15, 0.2) is 24.3 Å². The molecular formula is C11H11F6NO2. The highest BCUT2D eigenvalue weighted by atomic mass is 19.4. The summed E-state index contributed by atoms with van der Waals surface area (Å²) in [4.78, 5) is 0. The minimum absolute atomic E-state index is 0.137. The van der Waals surface area contributed by atoms with Crippen molar-refractivity contribution < 1.29 is 36.2 Å². The van der Waals surface area contributed by atoms with Crippen LogP contribution in [0.3, 0.4) is 0 Å². The van der Waals surface area contributed by atoms with Gasteiger partial charge in [0.25, 0.3) is 0 Å². The summed E-state index contributed by atoms with van der Waals surface area (Å²) >= 11 is 0. The molecule has 0 radical (unpaired) electrons. The van der Waals surface area contributed by atoms with Crippen LogP contribution in [0.1, 0.15) is 5.56 Å². The maximum absolute atomic E-state index is 12.0. The van der Waals surface area contributed by atoms with Crippen molar-refractivity contribution >= 4 is 0 Å². The normalized spacial score (nSPS) is 14.2. The fraction of sp³-hybridized carbons (Fsp3) is 0.455. The van der Waals surface area contributed by atoms with Crippen LogP contribution in [0.2, 0.25) is 0 Å². The molecule has 0 saturated heterocycles. The molecule has 0 saturated carbocycles. The molecule has 0 amide bonds. The molecule has 9 heteroatoms. The van der Waals surface area contributed by atoms with Gasteiger partial charge in [0.1, 0.15) is 5.75 Å². The third-order valence-corrected chi connectivity index (χ3v) is 2.18. The third kappa shape index (κ3) is 6.11. The zero-order valence-corrected chi connectivity index (χ0v) is 9.92. The van der Waals surface area contributed by atoms with Crippen molar-refractivity contribution in [3.05, 3.63) is 29.8 Å². The van der Waals surface area contributed by atoms with E-state index in [-0.39, 0.29) is 6.54 Å². The van der Waals surface area contributed by atoms with Gasteiger partial charge in [0.05, 0.1) is 0 Å². The van der Waals surface area contributed by atoms with Crippen LogP contribution in [-0.4, -0.2) is 30.3 Å². The summed E-state index contributed by atoms with van der Waals surface area (Å²) in [6.07, 6.45) is -12.1. The van der Waals surface area contributed by atoms with E-state index in [0.717, 1.165) is 12.1 Å². The molecule has 1 rings (SSSR count). The van der Waals surface area contributed by atoms with Gasteiger partial charge in [0.15, 0.2) is 6.10 Å². The number of halogens is 6. The summed E-state index contributed by atoms with van der Waals surface area (Å²) < 4.78 is 75.5. The van der Waals surface area contributed by atoms with Gasteiger partial charge in [0, 0.05) is 13.1 Å². The SMILES string of the molecule is OC(CNCc1cccc(OC(F)(F)F)c1)C(F)(F)F. The highest BCUT2D eigenvalue weighted by molar-refractivity contribution is 5.28. The highest BCUT2D eigenvalue weighted by Gasteiger charge is 2.37. The van der Waals surface area contributed by atoms with Crippen molar-refractivity contribution in [2.75, 3.05) is 6.54 Å². The zero-order chi connectivity index (χ0) is 15.4. The standard InChI is InChI=1S/C11H11F6NO2/c12-10(13,14)9(19)6-18-5-7-2-1-3-8(4-7)20-11(15,16)17/h1-4,9,18-19H,5-6H2. The molecule has 0 fully saturated rings. The van der Waals surface area contributed by atoms with Crippen LogP contribution in [0.25, 0.3) is 0 Å². The Morgan fingerprint density at radius 1 is 1.15 bits per heavy atom. The number of rotatable bonds is 5. The van der Waals surface area contributed by atoms with E-state index in [1.54, 1.807) is 0 Å². The monoisotopic (exact) mass is 303 g/mol. The van der Waals surface area contributed by atoms with E-state index in [4.69, 9.17) is 5.11 Å². The first-order chi connectivity index (χ1) is 9.08. The summed E-state index contributed by atoms with van der Waals surface area (Å²) in [5.41, 5.74) is 0.293. The fourth-order valence-electron chi connectivity index (χ4n) is 1.32. The Hall–Kier alpha value is -1.48. The summed E-state index contributed by atoms with van der Waals surface area (Å²) in [7, 11) is 0. The van der Waals surface area contributed by atoms with E-state index in [9.17, 15) is 26.3 Å². The molecule has 2 N–H and O–H groups in total. The van der Waals surface area contributed by atoms with E-state index in [1.165, 1.54) is 12.1 Å². The van der Waals surface area contributed by atoms with Gasteiger partial charge in [-0.2, -0.15) is 13.2 Å². The Bertz CT molecular complexity index is 432. The molecule has 20 heavy (non-hydrogen) atoms. The molecule has 0 spiro atoms. The van der Waals surface area contributed by atoms with Crippen molar-refractivity contribution in [1.82, 2.24) is 5.32 Å². The Balaban J connectivity index is 2.51. The van der Waals surface area contributed by atoms with Gasteiger partial charge in [-0.3, -0.25) is 0 Å². The van der Waals surface area contributed by atoms with E-state index < -0.39 is 30.9 Å². The Morgan fingerprint density at radius 3 is 2.35 bits per heavy atom. The lowest BCUT2D eigenvalue weighted by Crippen LogP contribution is -2.38. The predicted molar refractivity (Wildman–Crippen MR) is 56.9 cm³/mol. The largest absolute Gasteiger partial charge is 0.573 e. The van der Waals surface area contributed by atoms with E-state index >= 15 is 0 Å². The number of alkyl halides is 6. The fourth-order valence-corrected chi connectivity index (χ4v) is 1.32. The van der Waals surface area contributed by atoms with Crippen LogP contribution in [0, 0.1) is 0 Å². The van der Waals surface area contributed by atoms with Crippen LogP contribution in [-0.2, 0) is 6.54 Å². The summed E-state index contributed by atoms with van der Waals surface area (Å²) in [6.45, 7) is -0.893. The van der Waals surface area contributed by atoms with Crippen molar-refractivity contribution in [2.24, 2.45) is 0 Å². The molecular weight excluding hydrogens is 292 g/mol. The molecule has 1 atom stereocenters. The number of nitrogens with one attached hydrogen (secondary N) is 1. The van der Waals surface area contributed by atoms with Gasteiger partial charge in [-0.25, -0.2) is 0 Å². The van der Waals surface area contributed by atoms with Gasteiger partial charge >= 0.3 is 12.5 Å². The molecule has 0 heterocycles. The van der Waals surface area contributed by atoms with Crippen molar-refractivity contribution in [3.8, 4) is 5.75 Å². The van der Waals surface area contributed by atoms with E-state index in [1.807, 2.05) is 0 Å². The molecule has 0 aliphatic carbocycles. The van der Waals surface area contributed by atoms with Crippen LogP contribution < -0.4 is 10.1 Å². The maximum Gasteiger partial charge on any atom is 0.573 e. The Kier molecular flexibility index (Phi) is 5.23. The molecule has 0 bridgehead atoms. The minimum Gasteiger partial charge on any atom is -0.406 e. The molecule has 3 nitrogen and oxygen atoms in total.